The van der Waals surface area contributed by atoms with Crippen molar-refractivity contribution in [1.29, 1.82) is 0 Å². The SMILES string of the molecule is C=C(C)/C=C\C(=C/C)Cc1ccc(C)cc1.CC.CC.CN. The molecule has 0 aliphatic rings. The largest absolute Gasteiger partial charge is 0.333 e. The van der Waals surface area contributed by atoms with Crippen LogP contribution in [0.15, 0.2) is 60.2 Å². The second-order valence-electron chi connectivity index (χ2n) is 4.21. The lowest BCUT2D eigenvalue weighted by Crippen LogP contribution is -1.88. The molecule has 0 bridgehead atoms. The van der Waals surface area contributed by atoms with Crippen LogP contribution in [-0.4, -0.2) is 7.05 Å². The summed E-state index contributed by atoms with van der Waals surface area (Å²) in [5.41, 5.74) is 9.57. The first-order valence-corrected chi connectivity index (χ1v) is 8.24. The van der Waals surface area contributed by atoms with Crippen molar-refractivity contribution in [3.63, 3.8) is 0 Å². The summed E-state index contributed by atoms with van der Waals surface area (Å²) < 4.78 is 0. The maximum Gasteiger partial charge on any atom is -0.00290 e. The summed E-state index contributed by atoms with van der Waals surface area (Å²) in [5, 5.41) is 0. The highest BCUT2D eigenvalue weighted by molar-refractivity contribution is 5.32. The van der Waals surface area contributed by atoms with Crippen molar-refractivity contribution in [3.8, 4) is 0 Å². The summed E-state index contributed by atoms with van der Waals surface area (Å²) in [7, 11) is 1.50. The average molecular weight is 304 g/mol. The van der Waals surface area contributed by atoms with Gasteiger partial charge >= 0.3 is 0 Å². The molecule has 126 valence electrons. The lowest BCUT2D eigenvalue weighted by atomic mass is 10.0. The Kier molecular flexibility index (Phi) is 22.4. The summed E-state index contributed by atoms with van der Waals surface area (Å²) in [5.74, 6) is 0. The summed E-state index contributed by atoms with van der Waals surface area (Å²) >= 11 is 0. The van der Waals surface area contributed by atoms with E-state index in [1.54, 1.807) is 0 Å². The fourth-order valence-corrected chi connectivity index (χ4v) is 1.45. The van der Waals surface area contributed by atoms with Crippen LogP contribution in [0.5, 0.6) is 0 Å². The molecule has 1 rings (SSSR count). The van der Waals surface area contributed by atoms with Gasteiger partial charge < -0.3 is 5.73 Å². The molecular weight excluding hydrogens is 266 g/mol. The summed E-state index contributed by atoms with van der Waals surface area (Å²) in [6.07, 6.45) is 7.34. The van der Waals surface area contributed by atoms with Gasteiger partial charge in [-0.1, -0.05) is 87.9 Å². The molecule has 0 saturated heterocycles. The molecule has 0 fully saturated rings. The molecule has 0 unspecified atom stereocenters. The molecule has 0 heterocycles. The minimum absolute atomic E-state index is 0.987. The summed E-state index contributed by atoms with van der Waals surface area (Å²) in [4.78, 5) is 0. The van der Waals surface area contributed by atoms with Gasteiger partial charge in [-0.25, -0.2) is 0 Å². The van der Waals surface area contributed by atoms with Crippen LogP contribution in [0.3, 0.4) is 0 Å². The maximum atomic E-state index is 4.50. The Hall–Kier alpha value is -1.60. The van der Waals surface area contributed by atoms with Crippen molar-refractivity contribution in [1.82, 2.24) is 0 Å². The molecule has 0 saturated carbocycles. The van der Waals surface area contributed by atoms with Gasteiger partial charge in [0.05, 0.1) is 0 Å². The number of hydrogen-bond acceptors (Lipinski definition) is 1. The zero-order chi connectivity index (χ0) is 18.0. The van der Waals surface area contributed by atoms with Crippen LogP contribution < -0.4 is 5.73 Å². The Morgan fingerprint density at radius 2 is 1.45 bits per heavy atom. The van der Waals surface area contributed by atoms with E-state index in [0.29, 0.717) is 0 Å². The van der Waals surface area contributed by atoms with Gasteiger partial charge in [-0.3, -0.25) is 0 Å². The third kappa shape index (κ3) is 14.8. The third-order valence-electron chi connectivity index (χ3n) is 2.48. The predicted octanol–water partition coefficient (Wildman–Crippen LogP) is 6.24. The van der Waals surface area contributed by atoms with E-state index in [0.717, 1.165) is 12.0 Å². The standard InChI is InChI=1S/C16H20.2C2H6.CH5N/c1-5-15(9-6-13(2)3)12-16-10-7-14(4)8-11-16;3*1-2/h5-11H,2,12H2,1,3-4H3;2*1-2H3;2H2,1H3/b9-6-,15-5+;;;. The van der Waals surface area contributed by atoms with Crippen molar-refractivity contribution < 1.29 is 0 Å². The summed E-state index contributed by atoms with van der Waals surface area (Å²) in [6, 6.07) is 8.69. The Bertz CT molecular complexity index is 408. The van der Waals surface area contributed by atoms with Gasteiger partial charge in [-0.05, 0) is 45.4 Å². The van der Waals surface area contributed by atoms with Crippen LogP contribution in [0.25, 0.3) is 0 Å². The zero-order valence-electron chi connectivity index (χ0n) is 16.0. The fraction of sp³-hybridized carbons (Fsp3) is 0.429. The van der Waals surface area contributed by atoms with Gasteiger partial charge in [-0.2, -0.15) is 0 Å². The smallest absolute Gasteiger partial charge is 0.00290 e. The molecule has 0 aromatic heterocycles. The van der Waals surface area contributed by atoms with Crippen LogP contribution in [0.4, 0.5) is 0 Å². The first-order valence-electron chi connectivity index (χ1n) is 8.24. The number of rotatable bonds is 4. The van der Waals surface area contributed by atoms with Crippen LogP contribution >= 0.6 is 0 Å². The molecule has 0 aliphatic carbocycles. The van der Waals surface area contributed by atoms with E-state index in [1.807, 2.05) is 34.6 Å². The monoisotopic (exact) mass is 303 g/mol. The molecule has 0 aliphatic heterocycles. The molecule has 2 N–H and O–H groups in total. The van der Waals surface area contributed by atoms with E-state index in [9.17, 15) is 0 Å². The molecule has 0 amide bonds. The van der Waals surface area contributed by atoms with Crippen molar-refractivity contribution in [2.75, 3.05) is 7.05 Å². The lowest BCUT2D eigenvalue weighted by Gasteiger charge is -2.03. The van der Waals surface area contributed by atoms with Crippen LogP contribution in [0.2, 0.25) is 0 Å². The number of benzene rings is 1. The molecule has 1 nitrogen and oxygen atoms in total. The zero-order valence-corrected chi connectivity index (χ0v) is 16.0. The van der Waals surface area contributed by atoms with Crippen molar-refractivity contribution in [2.45, 2.75) is 54.9 Å². The highest BCUT2D eigenvalue weighted by Crippen LogP contribution is 2.11. The van der Waals surface area contributed by atoms with E-state index in [-0.39, 0.29) is 0 Å². The van der Waals surface area contributed by atoms with Crippen molar-refractivity contribution in [3.05, 3.63) is 71.3 Å². The fourth-order valence-electron chi connectivity index (χ4n) is 1.45. The van der Waals surface area contributed by atoms with Gasteiger partial charge in [-0.15, -0.1) is 0 Å². The minimum Gasteiger partial charge on any atom is -0.333 e. The van der Waals surface area contributed by atoms with E-state index in [2.05, 4.69) is 68.7 Å². The second-order valence-corrected chi connectivity index (χ2v) is 4.21. The van der Waals surface area contributed by atoms with Crippen LogP contribution in [0.1, 0.15) is 52.7 Å². The topological polar surface area (TPSA) is 26.0 Å². The van der Waals surface area contributed by atoms with E-state index in [1.165, 1.54) is 23.7 Å². The van der Waals surface area contributed by atoms with Crippen LogP contribution in [0, 0.1) is 6.92 Å². The number of allylic oxidation sites excluding steroid dienone is 5. The molecule has 22 heavy (non-hydrogen) atoms. The quantitative estimate of drug-likeness (QED) is 0.654. The first kappa shape index (κ1) is 25.4. The molecule has 1 aromatic rings. The second kappa shape index (κ2) is 19.4. The van der Waals surface area contributed by atoms with Gasteiger partial charge in [0.2, 0.25) is 0 Å². The summed E-state index contributed by atoms with van der Waals surface area (Å²) in [6.45, 7) is 18.1. The van der Waals surface area contributed by atoms with Gasteiger partial charge in [0.25, 0.3) is 0 Å². The molecule has 0 atom stereocenters. The Balaban J connectivity index is -0.000000535. The first-order chi connectivity index (χ1) is 10.6. The lowest BCUT2D eigenvalue weighted by molar-refractivity contribution is 1.18. The average Bonchev–Trinajstić information content (AvgIpc) is 2.58. The predicted molar refractivity (Wildman–Crippen MR) is 105 cm³/mol. The molecular formula is C21H37N. The van der Waals surface area contributed by atoms with Crippen LogP contribution in [-0.2, 0) is 6.42 Å². The molecule has 0 spiro atoms. The van der Waals surface area contributed by atoms with Gasteiger partial charge in [0.15, 0.2) is 0 Å². The maximum absolute atomic E-state index is 4.50. The van der Waals surface area contributed by atoms with Gasteiger partial charge in [0, 0.05) is 0 Å². The third-order valence-corrected chi connectivity index (χ3v) is 2.48. The van der Waals surface area contributed by atoms with E-state index < -0.39 is 0 Å². The number of aryl methyl sites for hydroxylation is 1. The highest BCUT2D eigenvalue weighted by atomic mass is 14.4. The van der Waals surface area contributed by atoms with Crippen molar-refractivity contribution in [2.24, 2.45) is 5.73 Å². The minimum atomic E-state index is 0.987. The number of hydrogen-bond donors (Lipinski definition) is 1. The normalized spacial score (nSPS) is 9.59. The van der Waals surface area contributed by atoms with Gasteiger partial charge in [0.1, 0.15) is 0 Å². The Labute approximate surface area is 139 Å². The van der Waals surface area contributed by atoms with Crippen molar-refractivity contribution >= 4 is 0 Å². The van der Waals surface area contributed by atoms with E-state index >= 15 is 0 Å². The Morgan fingerprint density at radius 1 is 1.00 bits per heavy atom. The molecule has 0 radical (unpaired) electrons. The number of nitrogens with two attached hydrogens (primary N) is 1. The van der Waals surface area contributed by atoms with E-state index in [4.69, 9.17) is 0 Å². The Morgan fingerprint density at radius 3 is 1.82 bits per heavy atom. The molecule has 1 aromatic carbocycles. The highest BCUT2D eigenvalue weighted by Gasteiger charge is 1.95. The molecule has 1 heteroatoms.